The maximum atomic E-state index is 4.52. The molecular formula is C13H20BrN3. The van der Waals surface area contributed by atoms with Crippen molar-refractivity contribution < 1.29 is 0 Å². The molecule has 0 atom stereocenters. The van der Waals surface area contributed by atoms with Crippen LogP contribution >= 0.6 is 15.9 Å². The van der Waals surface area contributed by atoms with Gasteiger partial charge < -0.3 is 4.90 Å². The van der Waals surface area contributed by atoms with Gasteiger partial charge in [0.15, 0.2) is 0 Å². The number of aromatic nitrogens is 2. The molecule has 1 heterocycles. The average molecular weight is 298 g/mol. The summed E-state index contributed by atoms with van der Waals surface area (Å²) in [4.78, 5) is 11.3. The number of hydrogen-bond donors (Lipinski definition) is 0. The number of halogens is 1. The minimum atomic E-state index is 0.996. The summed E-state index contributed by atoms with van der Waals surface area (Å²) < 4.78 is 0. The molecule has 0 radical (unpaired) electrons. The van der Waals surface area contributed by atoms with Crippen molar-refractivity contribution in [1.29, 1.82) is 0 Å². The molecular weight excluding hydrogens is 278 g/mol. The molecule has 0 fully saturated rings. The molecule has 0 amide bonds. The Kier molecular flexibility index (Phi) is 4.77. The van der Waals surface area contributed by atoms with E-state index in [0.717, 1.165) is 31.3 Å². The van der Waals surface area contributed by atoms with Crippen molar-refractivity contribution in [2.45, 2.75) is 39.0 Å². The molecule has 1 aromatic heterocycles. The SMILES string of the molecule is CCCCN(CCBr)c1ncnc2c1CCC2. The average Bonchev–Trinajstić information content (AvgIpc) is 2.82. The monoisotopic (exact) mass is 297 g/mol. The summed E-state index contributed by atoms with van der Waals surface area (Å²) in [7, 11) is 0. The van der Waals surface area contributed by atoms with Crippen LogP contribution in [0.3, 0.4) is 0 Å². The van der Waals surface area contributed by atoms with Crippen molar-refractivity contribution >= 4 is 21.7 Å². The Morgan fingerprint density at radius 1 is 1.29 bits per heavy atom. The molecule has 0 N–H and O–H groups in total. The topological polar surface area (TPSA) is 29.0 Å². The lowest BCUT2D eigenvalue weighted by Crippen LogP contribution is -2.28. The molecule has 94 valence electrons. The zero-order valence-corrected chi connectivity index (χ0v) is 12.0. The van der Waals surface area contributed by atoms with Gasteiger partial charge in [-0.15, -0.1) is 0 Å². The van der Waals surface area contributed by atoms with E-state index in [9.17, 15) is 0 Å². The van der Waals surface area contributed by atoms with Gasteiger partial charge in [-0.1, -0.05) is 29.3 Å². The van der Waals surface area contributed by atoms with E-state index >= 15 is 0 Å². The maximum Gasteiger partial charge on any atom is 0.135 e. The summed E-state index contributed by atoms with van der Waals surface area (Å²) in [5.41, 5.74) is 2.66. The quantitative estimate of drug-likeness (QED) is 0.756. The third-order valence-corrected chi connectivity index (χ3v) is 3.64. The minimum Gasteiger partial charge on any atom is -0.355 e. The molecule has 1 aliphatic rings. The highest BCUT2D eigenvalue weighted by molar-refractivity contribution is 9.09. The van der Waals surface area contributed by atoms with E-state index in [1.54, 1.807) is 6.33 Å². The zero-order chi connectivity index (χ0) is 12.1. The normalized spacial score (nSPS) is 13.8. The first kappa shape index (κ1) is 12.8. The van der Waals surface area contributed by atoms with Gasteiger partial charge in [0.2, 0.25) is 0 Å². The van der Waals surface area contributed by atoms with Crippen LogP contribution in [0.15, 0.2) is 6.33 Å². The second-order valence-corrected chi connectivity index (χ2v) is 5.30. The smallest absolute Gasteiger partial charge is 0.135 e. The summed E-state index contributed by atoms with van der Waals surface area (Å²) in [5.74, 6) is 1.18. The van der Waals surface area contributed by atoms with Crippen LogP contribution < -0.4 is 4.90 Å². The molecule has 1 aliphatic carbocycles. The van der Waals surface area contributed by atoms with Crippen LogP contribution in [0.2, 0.25) is 0 Å². The van der Waals surface area contributed by atoms with Crippen LogP contribution in [0.4, 0.5) is 5.82 Å². The second kappa shape index (κ2) is 6.34. The van der Waals surface area contributed by atoms with Gasteiger partial charge in [-0.3, -0.25) is 0 Å². The lowest BCUT2D eigenvalue weighted by Gasteiger charge is -2.24. The Morgan fingerprint density at radius 2 is 2.18 bits per heavy atom. The van der Waals surface area contributed by atoms with Gasteiger partial charge in [0.05, 0.1) is 0 Å². The van der Waals surface area contributed by atoms with Crippen molar-refractivity contribution in [2.24, 2.45) is 0 Å². The zero-order valence-electron chi connectivity index (χ0n) is 10.5. The van der Waals surface area contributed by atoms with Gasteiger partial charge in [-0.05, 0) is 25.7 Å². The van der Waals surface area contributed by atoms with Gasteiger partial charge in [0, 0.05) is 29.7 Å². The predicted molar refractivity (Wildman–Crippen MR) is 75.0 cm³/mol. The second-order valence-electron chi connectivity index (χ2n) is 4.51. The molecule has 0 spiro atoms. The number of anilines is 1. The van der Waals surface area contributed by atoms with Crippen LogP contribution in [0.5, 0.6) is 0 Å². The molecule has 0 saturated carbocycles. The van der Waals surface area contributed by atoms with Crippen LogP contribution in [0.25, 0.3) is 0 Å². The third-order valence-electron chi connectivity index (χ3n) is 3.29. The van der Waals surface area contributed by atoms with Crippen molar-refractivity contribution in [3.63, 3.8) is 0 Å². The molecule has 0 unspecified atom stereocenters. The predicted octanol–water partition coefficient (Wildman–Crippen LogP) is 2.97. The van der Waals surface area contributed by atoms with Gasteiger partial charge in [0.25, 0.3) is 0 Å². The lowest BCUT2D eigenvalue weighted by molar-refractivity contribution is 0.722. The number of nitrogens with zero attached hydrogens (tertiary/aromatic N) is 3. The summed E-state index contributed by atoms with van der Waals surface area (Å²) in [5, 5.41) is 0.996. The molecule has 0 saturated heterocycles. The first-order chi connectivity index (χ1) is 8.36. The molecule has 0 aliphatic heterocycles. The fourth-order valence-corrected chi connectivity index (χ4v) is 2.82. The number of alkyl halides is 1. The molecule has 2 rings (SSSR count). The van der Waals surface area contributed by atoms with Crippen LogP contribution in [0, 0.1) is 0 Å². The third kappa shape index (κ3) is 2.97. The number of unbranched alkanes of at least 4 members (excludes halogenated alkanes) is 1. The van der Waals surface area contributed by atoms with Crippen molar-refractivity contribution in [3.05, 3.63) is 17.6 Å². The first-order valence-electron chi connectivity index (χ1n) is 6.50. The summed E-state index contributed by atoms with van der Waals surface area (Å²) in [6.45, 7) is 4.37. The van der Waals surface area contributed by atoms with Crippen molar-refractivity contribution in [3.8, 4) is 0 Å². The van der Waals surface area contributed by atoms with Gasteiger partial charge in [-0.2, -0.15) is 0 Å². The van der Waals surface area contributed by atoms with E-state index in [1.807, 2.05) is 0 Å². The highest BCUT2D eigenvalue weighted by Gasteiger charge is 2.20. The van der Waals surface area contributed by atoms with Crippen LogP contribution in [-0.2, 0) is 12.8 Å². The molecule has 17 heavy (non-hydrogen) atoms. The molecule has 4 heteroatoms. The molecule has 3 nitrogen and oxygen atoms in total. The fourth-order valence-electron chi connectivity index (χ4n) is 2.39. The highest BCUT2D eigenvalue weighted by Crippen LogP contribution is 2.27. The van der Waals surface area contributed by atoms with Gasteiger partial charge in [0.1, 0.15) is 12.1 Å². The van der Waals surface area contributed by atoms with E-state index in [2.05, 4.69) is 37.7 Å². The summed E-state index contributed by atoms with van der Waals surface area (Å²) in [6.07, 6.45) is 7.69. The van der Waals surface area contributed by atoms with E-state index in [1.165, 1.54) is 36.3 Å². The van der Waals surface area contributed by atoms with Gasteiger partial charge >= 0.3 is 0 Å². The standard InChI is InChI=1S/C13H20BrN3/c1-2-3-8-17(9-7-14)13-11-5-4-6-12(11)15-10-16-13/h10H,2-9H2,1H3. The maximum absolute atomic E-state index is 4.52. The van der Waals surface area contributed by atoms with E-state index in [-0.39, 0.29) is 0 Å². The molecule has 0 bridgehead atoms. The number of rotatable bonds is 6. The Bertz CT molecular complexity index is 368. The number of hydrogen-bond acceptors (Lipinski definition) is 3. The Morgan fingerprint density at radius 3 is 2.94 bits per heavy atom. The van der Waals surface area contributed by atoms with Crippen molar-refractivity contribution in [1.82, 2.24) is 9.97 Å². The minimum absolute atomic E-state index is 0.996. The fraction of sp³-hybridized carbons (Fsp3) is 0.692. The summed E-state index contributed by atoms with van der Waals surface area (Å²) in [6, 6.07) is 0. The Hall–Kier alpha value is -0.640. The van der Waals surface area contributed by atoms with Crippen LogP contribution in [-0.4, -0.2) is 28.4 Å². The first-order valence-corrected chi connectivity index (χ1v) is 7.62. The van der Waals surface area contributed by atoms with Gasteiger partial charge in [-0.25, -0.2) is 9.97 Å². The largest absolute Gasteiger partial charge is 0.355 e. The molecule has 0 aromatic carbocycles. The van der Waals surface area contributed by atoms with Crippen LogP contribution in [0.1, 0.15) is 37.4 Å². The Balaban J connectivity index is 2.20. The number of aryl methyl sites for hydroxylation is 1. The van der Waals surface area contributed by atoms with E-state index < -0.39 is 0 Å². The van der Waals surface area contributed by atoms with E-state index in [4.69, 9.17) is 0 Å². The van der Waals surface area contributed by atoms with Crippen molar-refractivity contribution in [2.75, 3.05) is 23.3 Å². The molecule has 1 aromatic rings. The summed E-state index contributed by atoms with van der Waals surface area (Å²) >= 11 is 3.53. The van der Waals surface area contributed by atoms with E-state index in [0.29, 0.717) is 0 Å². The Labute approximate surface area is 112 Å². The highest BCUT2D eigenvalue weighted by atomic mass is 79.9. The lowest BCUT2D eigenvalue weighted by atomic mass is 10.2. The number of fused-ring (bicyclic) bond motifs is 1.